The van der Waals surface area contributed by atoms with Crippen LogP contribution in [0.1, 0.15) is 38.7 Å². The number of hydrogen-bond donors (Lipinski definition) is 0. The lowest BCUT2D eigenvalue weighted by Crippen LogP contribution is -2.47. The molecule has 1 fully saturated rings. The zero-order chi connectivity index (χ0) is 18.4. The zero-order valence-corrected chi connectivity index (χ0v) is 16.2. The highest BCUT2D eigenvalue weighted by atomic mass is 32.2. The lowest BCUT2D eigenvalue weighted by molar-refractivity contribution is -0.124. The molecule has 25 heavy (non-hydrogen) atoms. The minimum atomic E-state index is -3.02. The Morgan fingerprint density at radius 1 is 1.32 bits per heavy atom. The first-order chi connectivity index (χ1) is 11.7. The number of piperidine rings is 1. The second kappa shape index (κ2) is 8.81. The number of Topliss-reactive ketones (excluding diaryl/α,β-unsaturated/α-hetero) is 1. The van der Waals surface area contributed by atoms with Gasteiger partial charge in [0.05, 0.1) is 17.9 Å². The van der Waals surface area contributed by atoms with Crippen molar-refractivity contribution in [2.45, 2.75) is 51.7 Å². The van der Waals surface area contributed by atoms with Crippen LogP contribution in [0.25, 0.3) is 0 Å². The molecule has 6 heteroatoms. The van der Waals surface area contributed by atoms with Crippen LogP contribution in [0.4, 0.5) is 0 Å². The lowest BCUT2D eigenvalue weighted by atomic mass is 9.94. The van der Waals surface area contributed by atoms with Gasteiger partial charge in [0.25, 0.3) is 0 Å². The molecule has 0 spiro atoms. The summed E-state index contributed by atoms with van der Waals surface area (Å²) in [5, 5.41) is 0. The molecular weight excluding hydrogens is 338 g/mol. The zero-order valence-electron chi connectivity index (χ0n) is 15.4. The molecule has 1 atom stereocenters. The van der Waals surface area contributed by atoms with E-state index in [9.17, 15) is 13.2 Å². The number of ether oxygens (including phenoxy) is 1. The Labute approximate surface area is 151 Å². The summed E-state index contributed by atoms with van der Waals surface area (Å²) in [5.41, 5.74) is 0.941. The molecule has 5 nitrogen and oxygen atoms in total. The van der Waals surface area contributed by atoms with Crippen molar-refractivity contribution < 1.29 is 17.9 Å². The van der Waals surface area contributed by atoms with Gasteiger partial charge < -0.3 is 4.74 Å². The van der Waals surface area contributed by atoms with Crippen LogP contribution >= 0.6 is 0 Å². The topological polar surface area (TPSA) is 63.7 Å². The number of rotatable bonds is 8. The van der Waals surface area contributed by atoms with E-state index < -0.39 is 9.84 Å². The highest BCUT2D eigenvalue weighted by molar-refractivity contribution is 7.90. The Morgan fingerprint density at radius 2 is 2.08 bits per heavy atom. The number of carbonyl (C=O) groups is 1. The Bertz CT molecular complexity index is 684. The van der Waals surface area contributed by atoms with Gasteiger partial charge in [0.2, 0.25) is 0 Å². The van der Waals surface area contributed by atoms with Crippen molar-refractivity contribution in [1.29, 1.82) is 0 Å². The first-order valence-corrected chi connectivity index (χ1v) is 11.0. The molecule has 0 aliphatic carbocycles. The second-order valence-electron chi connectivity index (χ2n) is 7.13. The number of benzene rings is 1. The molecule has 140 valence electrons. The third-order valence-corrected chi connectivity index (χ3v) is 5.31. The summed E-state index contributed by atoms with van der Waals surface area (Å²) in [7, 11) is -3.02. The van der Waals surface area contributed by atoms with E-state index >= 15 is 0 Å². The average molecular weight is 368 g/mol. The fourth-order valence-electron chi connectivity index (χ4n) is 3.23. The fourth-order valence-corrected chi connectivity index (χ4v) is 3.79. The Kier molecular flexibility index (Phi) is 7.02. The van der Waals surface area contributed by atoms with Crippen LogP contribution < -0.4 is 4.74 Å². The molecule has 1 heterocycles. The number of ketones is 1. The summed E-state index contributed by atoms with van der Waals surface area (Å²) in [4.78, 5) is 14.8. The number of likely N-dealkylation sites (tertiary alicyclic amines) is 1. The van der Waals surface area contributed by atoms with Crippen LogP contribution in [0, 0.1) is 0 Å². The van der Waals surface area contributed by atoms with Gasteiger partial charge in [-0.15, -0.1) is 0 Å². The van der Waals surface area contributed by atoms with Crippen molar-refractivity contribution in [3.8, 4) is 5.75 Å². The van der Waals surface area contributed by atoms with E-state index in [1.165, 1.54) is 6.26 Å². The lowest BCUT2D eigenvalue weighted by Gasteiger charge is -2.34. The highest BCUT2D eigenvalue weighted by Crippen LogP contribution is 2.21. The van der Waals surface area contributed by atoms with E-state index in [4.69, 9.17) is 4.74 Å². The molecule has 0 amide bonds. The molecule has 1 aliphatic rings. The SMILES string of the molecule is CC(C)Oc1cccc(CC(=O)C2CCCCN2CCS(C)(=O)=O)c1. The third-order valence-electron chi connectivity index (χ3n) is 4.38. The summed E-state index contributed by atoms with van der Waals surface area (Å²) in [6, 6.07) is 7.48. The molecule has 0 aromatic heterocycles. The summed E-state index contributed by atoms with van der Waals surface area (Å²) >= 11 is 0. The normalized spacial score (nSPS) is 19.1. The van der Waals surface area contributed by atoms with E-state index in [0.29, 0.717) is 13.0 Å². The molecule has 1 aromatic rings. The van der Waals surface area contributed by atoms with Crippen LogP contribution in [-0.2, 0) is 21.1 Å². The molecule has 1 aliphatic heterocycles. The molecule has 1 unspecified atom stereocenters. The highest BCUT2D eigenvalue weighted by Gasteiger charge is 2.28. The first-order valence-electron chi connectivity index (χ1n) is 8.94. The van der Waals surface area contributed by atoms with Gasteiger partial charge in [-0.3, -0.25) is 9.69 Å². The third kappa shape index (κ3) is 6.78. The van der Waals surface area contributed by atoms with Gasteiger partial charge in [-0.1, -0.05) is 18.6 Å². The molecule has 0 radical (unpaired) electrons. The fraction of sp³-hybridized carbons (Fsp3) is 0.632. The molecule has 0 bridgehead atoms. The van der Waals surface area contributed by atoms with Crippen LogP contribution in [-0.4, -0.2) is 56.3 Å². The molecule has 2 rings (SSSR count). The van der Waals surface area contributed by atoms with Crippen LogP contribution in [0.3, 0.4) is 0 Å². The largest absolute Gasteiger partial charge is 0.491 e. The van der Waals surface area contributed by atoms with Crippen molar-refractivity contribution in [2.75, 3.05) is 25.1 Å². The molecule has 1 aromatic carbocycles. The van der Waals surface area contributed by atoms with Crippen molar-refractivity contribution in [3.63, 3.8) is 0 Å². The van der Waals surface area contributed by atoms with Crippen LogP contribution in [0.15, 0.2) is 24.3 Å². The molecule has 0 saturated carbocycles. The Hall–Kier alpha value is -1.40. The van der Waals surface area contributed by atoms with Crippen molar-refractivity contribution in [2.24, 2.45) is 0 Å². The first kappa shape index (κ1) is 19.9. The maximum absolute atomic E-state index is 12.8. The number of hydrogen-bond acceptors (Lipinski definition) is 5. The second-order valence-corrected chi connectivity index (χ2v) is 9.39. The van der Waals surface area contributed by atoms with Crippen molar-refractivity contribution >= 4 is 15.6 Å². The van der Waals surface area contributed by atoms with Gasteiger partial charge >= 0.3 is 0 Å². The summed E-state index contributed by atoms with van der Waals surface area (Å²) in [6.45, 7) is 5.17. The smallest absolute Gasteiger partial charge is 0.154 e. The van der Waals surface area contributed by atoms with Crippen LogP contribution in [0.5, 0.6) is 5.75 Å². The van der Waals surface area contributed by atoms with E-state index in [1.807, 2.05) is 43.0 Å². The maximum atomic E-state index is 12.8. The monoisotopic (exact) mass is 367 g/mol. The molecular formula is C19H29NO4S. The standard InChI is InChI=1S/C19H29NO4S/c1-15(2)24-17-8-6-7-16(13-17)14-19(21)18-9-4-5-10-20(18)11-12-25(3,22)23/h6-8,13,15,18H,4-5,9-12,14H2,1-3H3. The van der Waals surface area contributed by atoms with E-state index in [2.05, 4.69) is 0 Å². The van der Waals surface area contributed by atoms with E-state index in [0.717, 1.165) is 37.1 Å². The minimum Gasteiger partial charge on any atom is -0.491 e. The van der Waals surface area contributed by atoms with Gasteiger partial charge in [-0.05, 0) is 50.9 Å². The van der Waals surface area contributed by atoms with E-state index in [1.54, 1.807) is 0 Å². The number of nitrogens with zero attached hydrogens (tertiary/aromatic N) is 1. The minimum absolute atomic E-state index is 0.0933. The quantitative estimate of drug-likeness (QED) is 0.706. The van der Waals surface area contributed by atoms with Crippen LogP contribution in [0.2, 0.25) is 0 Å². The van der Waals surface area contributed by atoms with Crippen molar-refractivity contribution in [1.82, 2.24) is 4.90 Å². The predicted molar refractivity (Wildman–Crippen MR) is 99.8 cm³/mol. The molecule has 1 saturated heterocycles. The average Bonchev–Trinajstić information content (AvgIpc) is 2.52. The van der Waals surface area contributed by atoms with Crippen molar-refractivity contribution in [3.05, 3.63) is 29.8 Å². The van der Waals surface area contributed by atoms with Gasteiger partial charge in [0, 0.05) is 19.2 Å². The summed E-state index contributed by atoms with van der Waals surface area (Å²) < 4.78 is 28.6. The number of sulfone groups is 1. The van der Waals surface area contributed by atoms with Gasteiger partial charge in [-0.25, -0.2) is 8.42 Å². The van der Waals surface area contributed by atoms with Gasteiger partial charge in [-0.2, -0.15) is 0 Å². The van der Waals surface area contributed by atoms with Gasteiger partial charge in [0.1, 0.15) is 15.6 Å². The predicted octanol–water partition coefficient (Wildman–Crippen LogP) is 2.48. The Morgan fingerprint density at radius 3 is 2.76 bits per heavy atom. The number of carbonyl (C=O) groups excluding carboxylic acids is 1. The van der Waals surface area contributed by atoms with Gasteiger partial charge in [0.15, 0.2) is 5.78 Å². The van der Waals surface area contributed by atoms with E-state index in [-0.39, 0.29) is 23.7 Å². The maximum Gasteiger partial charge on any atom is 0.154 e. The summed E-state index contributed by atoms with van der Waals surface area (Å²) in [5.74, 6) is 1.04. The molecule has 0 N–H and O–H groups in total. The summed E-state index contributed by atoms with van der Waals surface area (Å²) in [6.07, 6.45) is 4.54. The Balaban J connectivity index is 2.02.